The van der Waals surface area contributed by atoms with Gasteiger partial charge in [0.2, 0.25) is 53.2 Å². The quantitative estimate of drug-likeness (QED) is 0.0765. The summed E-state index contributed by atoms with van der Waals surface area (Å²) in [6.07, 6.45) is 5.12. The van der Waals surface area contributed by atoms with E-state index in [1.807, 2.05) is 61.5 Å². The number of nitrogens with one attached hydrogen (secondary N) is 7. The first kappa shape index (κ1) is 57.6. The molecule has 2 aromatic carbocycles. The summed E-state index contributed by atoms with van der Waals surface area (Å²) in [7, 11) is 0. The van der Waals surface area contributed by atoms with Gasteiger partial charge in [-0.3, -0.25) is 43.2 Å². The number of hydrogen-bond acceptors (Lipinski definition) is 12. The second kappa shape index (κ2) is 27.2. The fourth-order valence-corrected chi connectivity index (χ4v) is 9.49. The zero-order valence-corrected chi connectivity index (χ0v) is 43.7. The van der Waals surface area contributed by atoms with Crippen molar-refractivity contribution in [3.63, 3.8) is 0 Å². The minimum absolute atomic E-state index is 0.0102. The number of aryl methyl sites for hydroxylation is 2. The van der Waals surface area contributed by atoms with Gasteiger partial charge in [-0.1, -0.05) is 94.3 Å². The Morgan fingerprint density at radius 2 is 1.53 bits per heavy atom. The van der Waals surface area contributed by atoms with Crippen LogP contribution in [0.25, 0.3) is 10.9 Å². The predicted molar refractivity (Wildman–Crippen MR) is 281 cm³/mol. The molecule has 23 heteroatoms. The van der Waals surface area contributed by atoms with Crippen molar-refractivity contribution in [3.8, 4) is 0 Å². The van der Waals surface area contributed by atoms with Gasteiger partial charge in [-0.05, 0) is 67.6 Å². The molecule has 10 atom stereocenters. The molecule has 0 aliphatic carbocycles. The van der Waals surface area contributed by atoms with Crippen LogP contribution in [0.1, 0.15) is 108 Å². The number of amides is 9. The van der Waals surface area contributed by atoms with E-state index in [4.69, 9.17) is 17.2 Å². The van der Waals surface area contributed by atoms with Gasteiger partial charge in [0, 0.05) is 55.6 Å². The van der Waals surface area contributed by atoms with Crippen molar-refractivity contribution >= 4 is 64.1 Å². The zero-order valence-electron chi connectivity index (χ0n) is 43.7. The summed E-state index contributed by atoms with van der Waals surface area (Å²) in [5.41, 5.74) is 20.9. The highest BCUT2D eigenvalue weighted by atomic mass is 16.2. The number of aromatic nitrogens is 4. The van der Waals surface area contributed by atoms with E-state index in [0.29, 0.717) is 49.8 Å². The Hall–Kier alpha value is -7.69. The molecule has 4 heterocycles. The van der Waals surface area contributed by atoms with E-state index in [-0.39, 0.29) is 51.1 Å². The Morgan fingerprint density at radius 1 is 0.816 bits per heavy atom. The molecule has 23 nitrogen and oxygen atoms in total. The summed E-state index contributed by atoms with van der Waals surface area (Å²) in [6, 6.07) is 7.48. The molecule has 9 amide bonds. The largest absolute Gasteiger partial charge is 0.370 e. The maximum atomic E-state index is 15.3. The maximum absolute atomic E-state index is 15.3. The Labute approximate surface area is 441 Å². The van der Waals surface area contributed by atoms with Crippen molar-refractivity contribution in [3.05, 3.63) is 83.8 Å². The monoisotopic (exact) mass is 1050 g/mol. The van der Waals surface area contributed by atoms with Gasteiger partial charge in [-0.2, -0.15) is 0 Å². The molecule has 2 aromatic heterocycles. The molecule has 2 fully saturated rings. The van der Waals surface area contributed by atoms with Crippen molar-refractivity contribution in [1.29, 1.82) is 0 Å². The molecule has 0 bridgehead atoms. The van der Waals surface area contributed by atoms with Crippen LogP contribution in [0.4, 0.5) is 0 Å². The normalized spacial score (nSPS) is 24.1. The second-order valence-electron chi connectivity index (χ2n) is 20.1. The highest BCUT2D eigenvalue weighted by Gasteiger charge is 2.46. The molecule has 76 heavy (non-hydrogen) atoms. The Morgan fingerprint density at radius 3 is 2.24 bits per heavy atom. The van der Waals surface area contributed by atoms with Crippen LogP contribution in [0.3, 0.4) is 0 Å². The van der Waals surface area contributed by atoms with E-state index >= 15 is 9.59 Å². The summed E-state index contributed by atoms with van der Waals surface area (Å²) < 4.78 is 1.60. The van der Waals surface area contributed by atoms with Crippen LogP contribution in [0.15, 0.2) is 67.0 Å². The highest BCUT2D eigenvalue weighted by molar-refractivity contribution is 5.99. The number of para-hydroxylation sites is 1. The van der Waals surface area contributed by atoms with Crippen LogP contribution in [-0.2, 0) is 62.4 Å². The molecule has 4 aromatic rings. The SMILES string of the molecule is CCC(C)C(N)C(=O)N[C@H]1CCC(=O)NCCCC[C@@H](C(N)=O)NC(=O)[C@H](Cc2c[nH]c3ccccc23)NC(=O)[C@@H]2C[C@H](n3cc(CCc4ccccc4)nn3)CN2C(=O)[C@H](C(C)CC)NC(=O)[C@H](CC(N)=O)NC1=O. The lowest BCUT2D eigenvalue weighted by atomic mass is 9.96. The van der Waals surface area contributed by atoms with E-state index in [0.717, 1.165) is 16.5 Å². The van der Waals surface area contributed by atoms with Gasteiger partial charge in [-0.15, -0.1) is 5.10 Å². The van der Waals surface area contributed by atoms with Gasteiger partial charge < -0.3 is 59.0 Å². The number of nitrogens with zero attached hydrogens (tertiary/aromatic N) is 4. The van der Waals surface area contributed by atoms with E-state index < -0.39 is 114 Å². The average Bonchev–Trinajstić information content (AvgIpc) is 4.18. The first-order valence-corrected chi connectivity index (χ1v) is 26.3. The number of aromatic amines is 1. The number of carbonyl (C=O) groups excluding carboxylic acids is 9. The summed E-state index contributed by atoms with van der Waals surface area (Å²) in [5.74, 6) is -7.84. The summed E-state index contributed by atoms with van der Waals surface area (Å²) in [4.78, 5) is 130. The third-order valence-electron chi connectivity index (χ3n) is 14.6. The molecule has 0 saturated carbocycles. The zero-order chi connectivity index (χ0) is 55.1. The minimum atomic E-state index is -1.66. The fourth-order valence-electron chi connectivity index (χ4n) is 9.49. The second-order valence-corrected chi connectivity index (χ2v) is 20.1. The molecule has 2 aliphatic rings. The lowest BCUT2D eigenvalue weighted by molar-refractivity contribution is -0.144. The van der Waals surface area contributed by atoms with Crippen LogP contribution < -0.4 is 49.1 Å². The fraction of sp³-hybridized carbons (Fsp3) is 0.528. The van der Waals surface area contributed by atoms with E-state index in [9.17, 15) is 33.6 Å². The first-order valence-electron chi connectivity index (χ1n) is 26.3. The molecular weight excluding hydrogens is 977 g/mol. The molecule has 410 valence electrons. The van der Waals surface area contributed by atoms with Crippen LogP contribution in [0.5, 0.6) is 0 Å². The molecule has 0 spiro atoms. The van der Waals surface area contributed by atoms with Crippen LogP contribution in [0, 0.1) is 11.8 Å². The third kappa shape index (κ3) is 15.4. The third-order valence-corrected chi connectivity index (χ3v) is 14.6. The lowest BCUT2D eigenvalue weighted by Gasteiger charge is -2.33. The van der Waals surface area contributed by atoms with E-state index in [1.165, 1.54) is 4.90 Å². The summed E-state index contributed by atoms with van der Waals surface area (Å²) in [6.45, 7) is 7.17. The van der Waals surface area contributed by atoms with Crippen LogP contribution in [-0.4, -0.2) is 133 Å². The van der Waals surface area contributed by atoms with Crippen molar-refractivity contribution in [2.24, 2.45) is 29.0 Å². The average molecular weight is 1050 g/mol. The van der Waals surface area contributed by atoms with Crippen LogP contribution in [0.2, 0.25) is 0 Å². The summed E-state index contributed by atoms with van der Waals surface area (Å²) >= 11 is 0. The number of H-pyrrole nitrogens is 1. The standard InChI is InChI=1S/C53H74N14O9/c1-5-30(3)45(55)52(75)60-39-21-22-44(69)57-23-13-12-18-38(47(56)70)59-49(72)40(24-33-27-58-37-17-11-10-16-36(33)37)62-51(74)42-25-35(67-28-34(64-65-67)20-19-32-14-8-7-9-15-32)29-66(42)53(76)46(31(4)6-2)63-50(73)41(26-43(54)68)61-48(39)71/h7-11,14-17,27-28,30-31,35,38-42,45-46,58H,5-6,12-13,18-26,29,55H2,1-4H3,(H2,54,68)(H2,56,70)(H,57,69)(H,59,72)(H,60,75)(H,61,71)(H,62,74)(H,63,73)/t30?,31?,35-,38-,39-,40-,41-,42-,45?,46-/m0/s1. The van der Waals surface area contributed by atoms with Gasteiger partial charge in [0.25, 0.3) is 0 Å². The number of primary amides is 2. The van der Waals surface area contributed by atoms with Gasteiger partial charge in [0.1, 0.15) is 36.3 Å². The minimum Gasteiger partial charge on any atom is -0.370 e. The highest BCUT2D eigenvalue weighted by Crippen LogP contribution is 2.30. The molecule has 2 aliphatic heterocycles. The molecule has 2 saturated heterocycles. The van der Waals surface area contributed by atoms with E-state index in [2.05, 4.69) is 47.2 Å². The number of rotatable bonds is 15. The lowest BCUT2D eigenvalue weighted by Crippen LogP contribution is -2.61. The maximum Gasteiger partial charge on any atom is 0.246 e. The molecule has 6 rings (SSSR count). The van der Waals surface area contributed by atoms with Crippen molar-refractivity contribution in [2.75, 3.05) is 13.1 Å². The van der Waals surface area contributed by atoms with Gasteiger partial charge >= 0.3 is 0 Å². The Kier molecular flexibility index (Phi) is 20.6. The number of carbonyl (C=O) groups is 9. The molecular formula is C53H74N14O9. The van der Waals surface area contributed by atoms with Crippen molar-refractivity contribution in [1.82, 2.24) is 56.8 Å². The number of fused-ring (bicyclic) bond motifs is 2. The molecule has 0 radical (unpaired) electrons. The smallest absolute Gasteiger partial charge is 0.246 e. The van der Waals surface area contributed by atoms with Gasteiger partial charge in [-0.25, -0.2) is 4.68 Å². The van der Waals surface area contributed by atoms with Gasteiger partial charge in [0.05, 0.1) is 24.2 Å². The molecule has 3 unspecified atom stereocenters. The number of benzene rings is 2. The van der Waals surface area contributed by atoms with Crippen molar-refractivity contribution < 1.29 is 43.2 Å². The number of hydrogen-bond donors (Lipinski definition) is 10. The van der Waals surface area contributed by atoms with Gasteiger partial charge in [0.15, 0.2) is 0 Å². The van der Waals surface area contributed by atoms with E-state index in [1.54, 1.807) is 37.8 Å². The summed E-state index contributed by atoms with van der Waals surface area (Å²) in [5, 5.41) is 25.9. The number of nitrogens with two attached hydrogens (primary N) is 3. The van der Waals surface area contributed by atoms with Crippen molar-refractivity contribution in [2.45, 2.75) is 153 Å². The Balaban J connectivity index is 1.37. The topological polar surface area (TPSA) is 354 Å². The predicted octanol–water partition coefficient (Wildman–Crippen LogP) is 0.214. The molecule has 13 N–H and O–H groups in total. The van der Waals surface area contributed by atoms with Crippen LogP contribution >= 0.6 is 0 Å². The Bertz CT molecular complexity index is 2690. The first-order chi connectivity index (χ1) is 36.4.